The molecule has 2 aromatic heterocycles. The predicted octanol–water partition coefficient (Wildman–Crippen LogP) is 3.51. The normalized spacial score (nSPS) is 18.0. The van der Waals surface area contributed by atoms with Crippen LogP contribution in [0.3, 0.4) is 0 Å². The zero-order chi connectivity index (χ0) is 25.9. The minimum atomic E-state index is -0.249. The molecule has 0 saturated carbocycles. The van der Waals surface area contributed by atoms with E-state index in [0.29, 0.717) is 29.8 Å². The van der Waals surface area contributed by atoms with Gasteiger partial charge >= 0.3 is 0 Å². The number of nitrogens with zero attached hydrogens (tertiary/aromatic N) is 2. The maximum atomic E-state index is 13.2. The van der Waals surface area contributed by atoms with Crippen LogP contribution in [0, 0.1) is 6.92 Å². The molecule has 37 heavy (non-hydrogen) atoms. The number of aromatic amines is 1. The largest absolute Gasteiger partial charge is 0.361 e. The third kappa shape index (κ3) is 5.33. The number of carbonyl (C=O) groups excluding carboxylic acids is 2. The molecule has 2 aromatic carbocycles. The average Bonchev–Trinajstić information content (AvgIpc) is 3.29. The van der Waals surface area contributed by atoms with Crippen molar-refractivity contribution in [1.82, 2.24) is 24.5 Å². The van der Waals surface area contributed by atoms with Gasteiger partial charge in [0.1, 0.15) is 0 Å². The van der Waals surface area contributed by atoms with Crippen molar-refractivity contribution in [3.63, 3.8) is 0 Å². The third-order valence-electron chi connectivity index (χ3n) is 6.85. The van der Waals surface area contributed by atoms with E-state index in [9.17, 15) is 14.4 Å². The molecule has 8 nitrogen and oxygen atoms in total. The lowest BCUT2D eigenvalue weighted by molar-refractivity contribution is 0.0852. The molecule has 1 fully saturated rings. The number of rotatable bonds is 6. The molecular formula is C28H29N5O3S. The van der Waals surface area contributed by atoms with E-state index >= 15 is 0 Å². The van der Waals surface area contributed by atoms with Gasteiger partial charge in [0.2, 0.25) is 0 Å². The summed E-state index contributed by atoms with van der Waals surface area (Å²) in [5.74, 6) is -0.379. The van der Waals surface area contributed by atoms with E-state index < -0.39 is 0 Å². The Balaban J connectivity index is 1.30. The van der Waals surface area contributed by atoms with E-state index in [1.807, 2.05) is 37.6 Å². The summed E-state index contributed by atoms with van der Waals surface area (Å²) >= 11 is 1.63. The lowest BCUT2D eigenvalue weighted by atomic mass is 9.99. The topological polar surface area (TPSA) is 99.2 Å². The Kier molecular flexibility index (Phi) is 7.16. The van der Waals surface area contributed by atoms with Gasteiger partial charge in [0.15, 0.2) is 0 Å². The summed E-state index contributed by atoms with van der Waals surface area (Å²) in [6.07, 6.45) is 6.35. The van der Waals surface area contributed by atoms with Gasteiger partial charge in [0.05, 0.1) is 12.1 Å². The number of piperidine rings is 1. The van der Waals surface area contributed by atoms with Crippen LogP contribution in [0.4, 0.5) is 0 Å². The molecule has 190 valence electrons. The number of hydrogen-bond acceptors (Lipinski definition) is 5. The SMILES string of the molecule is CSN1CCC(NC(=O)c2ccc(-n3ccccc3=O)cc2)C(NC(=O)c2ccc3c(C)c[nH]c3c2)C1. The van der Waals surface area contributed by atoms with Crippen LogP contribution >= 0.6 is 11.9 Å². The summed E-state index contributed by atoms with van der Waals surface area (Å²) in [5, 5.41) is 7.37. The van der Waals surface area contributed by atoms with Gasteiger partial charge in [-0.1, -0.05) is 24.1 Å². The molecule has 2 unspecified atom stereocenters. The molecule has 3 heterocycles. The highest BCUT2D eigenvalue weighted by Crippen LogP contribution is 2.21. The second kappa shape index (κ2) is 10.7. The Morgan fingerprint density at radius 2 is 1.70 bits per heavy atom. The lowest BCUT2D eigenvalue weighted by Crippen LogP contribution is -2.59. The number of amides is 2. The highest BCUT2D eigenvalue weighted by atomic mass is 32.2. The standard InChI is InChI=1S/C28H29N5O3S/c1-18-16-29-24-15-20(8-11-22(18)24)28(36)31-25-17-32(37-2)14-12-23(25)30-27(35)19-6-9-21(10-7-19)33-13-4-3-5-26(33)34/h3-11,13,15-16,23,25,29H,12,14,17H2,1-2H3,(H,30,35)(H,31,36). The second-order valence-electron chi connectivity index (χ2n) is 9.21. The van der Waals surface area contributed by atoms with Crippen molar-refractivity contribution in [1.29, 1.82) is 0 Å². The van der Waals surface area contributed by atoms with Crippen LogP contribution in [0.5, 0.6) is 0 Å². The summed E-state index contributed by atoms with van der Waals surface area (Å²) in [7, 11) is 0. The minimum absolute atomic E-state index is 0.135. The molecule has 2 amide bonds. The molecule has 5 rings (SSSR count). The summed E-state index contributed by atoms with van der Waals surface area (Å²) in [4.78, 5) is 41.6. The number of hydrogen-bond donors (Lipinski definition) is 3. The number of nitrogens with one attached hydrogen (secondary N) is 3. The molecule has 1 aliphatic rings. The van der Waals surface area contributed by atoms with Gasteiger partial charge in [0, 0.05) is 59.3 Å². The van der Waals surface area contributed by atoms with Crippen molar-refractivity contribution in [2.24, 2.45) is 0 Å². The fourth-order valence-corrected chi connectivity index (χ4v) is 5.33. The lowest BCUT2D eigenvalue weighted by Gasteiger charge is -2.38. The highest BCUT2D eigenvalue weighted by molar-refractivity contribution is 7.96. The molecule has 2 atom stereocenters. The Bertz CT molecular complexity index is 1490. The minimum Gasteiger partial charge on any atom is -0.361 e. The van der Waals surface area contributed by atoms with E-state index in [2.05, 4.69) is 19.9 Å². The number of carbonyl (C=O) groups is 2. The van der Waals surface area contributed by atoms with Crippen LogP contribution in [-0.2, 0) is 0 Å². The maximum absolute atomic E-state index is 13.2. The Morgan fingerprint density at radius 3 is 2.46 bits per heavy atom. The van der Waals surface area contributed by atoms with Crippen molar-refractivity contribution in [3.8, 4) is 5.69 Å². The zero-order valence-electron chi connectivity index (χ0n) is 20.7. The van der Waals surface area contributed by atoms with Gasteiger partial charge < -0.3 is 15.6 Å². The first-order valence-electron chi connectivity index (χ1n) is 12.2. The molecular weight excluding hydrogens is 486 g/mol. The quantitative estimate of drug-likeness (QED) is 0.342. The molecule has 0 aliphatic carbocycles. The van der Waals surface area contributed by atoms with E-state index in [4.69, 9.17) is 0 Å². The van der Waals surface area contributed by atoms with E-state index in [-0.39, 0.29) is 29.5 Å². The summed E-state index contributed by atoms with van der Waals surface area (Å²) in [5.41, 5.74) is 3.69. The molecule has 1 aliphatic heterocycles. The van der Waals surface area contributed by atoms with Crippen LogP contribution in [0.25, 0.3) is 16.6 Å². The van der Waals surface area contributed by atoms with Crippen LogP contribution < -0.4 is 16.2 Å². The maximum Gasteiger partial charge on any atom is 0.255 e. The smallest absolute Gasteiger partial charge is 0.255 e. The predicted molar refractivity (Wildman–Crippen MR) is 147 cm³/mol. The zero-order valence-corrected chi connectivity index (χ0v) is 21.5. The molecule has 1 saturated heterocycles. The number of fused-ring (bicyclic) bond motifs is 1. The monoisotopic (exact) mass is 515 g/mol. The molecule has 4 aromatic rings. The first kappa shape index (κ1) is 24.9. The Labute approximate surface area is 219 Å². The summed E-state index contributed by atoms with van der Waals surface area (Å²) in [6, 6.07) is 17.1. The van der Waals surface area contributed by atoms with Gasteiger partial charge in [0.25, 0.3) is 17.4 Å². The van der Waals surface area contributed by atoms with E-state index in [1.165, 1.54) is 10.6 Å². The number of benzene rings is 2. The fraction of sp³-hybridized carbons (Fsp3) is 0.250. The second-order valence-corrected chi connectivity index (χ2v) is 10.1. The molecule has 0 spiro atoms. The Morgan fingerprint density at radius 1 is 0.973 bits per heavy atom. The van der Waals surface area contributed by atoms with Gasteiger partial charge in [-0.05, 0) is 67.6 Å². The van der Waals surface area contributed by atoms with Crippen molar-refractivity contribution in [2.45, 2.75) is 25.4 Å². The van der Waals surface area contributed by atoms with E-state index in [1.54, 1.807) is 54.5 Å². The van der Waals surface area contributed by atoms with E-state index in [0.717, 1.165) is 23.0 Å². The van der Waals surface area contributed by atoms with Gasteiger partial charge in [-0.3, -0.25) is 19.0 Å². The third-order valence-corrected chi connectivity index (χ3v) is 7.70. The summed E-state index contributed by atoms with van der Waals surface area (Å²) in [6.45, 7) is 3.46. The van der Waals surface area contributed by atoms with Crippen molar-refractivity contribution >= 4 is 34.7 Å². The summed E-state index contributed by atoms with van der Waals surface area (Å²) < 4.78 is 3.72. The van der Waals surface area contributed by atoms with Crippen molar-refractivity contribution in [2.75, 3.05) is 19.3 Å². The first-order chi connectivity index (χ1) is 17.9. The molecule has 9 heteroatoms. The van der Waals surface area contributed by atoms with Gasteiger partial charge in [-0.15, -0.1) is 0 Å². The van der Waals surface area contributed by atoms with Gasteiger partial charge in [-0.2, -0.15) is 0 Å². The van der Waals surface area contributed by atoms with Crippen LogP contribution in [0.1, 0.15) is 32.7 Å². The van der Waals surface area contributed by atoms with Crippen LogP contribution in [0.2, 0.25) is 0 Å². The average molecular weight is 516 g/mol. The Hall–Kier alpha value is -3.82. The number of H-pyrrole nitrogens is 1. The number of pyridine rings is 1. The molecule has 0 bridgehead atoms. The molecule has 0 radical (unpaired) electrons. The van der Waals surface area contributed by atoms with Gasteiger partial charge in [-0.25, -0.2) is 4.31 Å². The number of aryl methyl sites for hydroxylation is 1. The van der Waals surface area contributed by atoms with Crippen LogP contribution in [0.15, 0.2) is 77.9 Å². The van der Waals surface area contributed by atoms with Crippen LogP contribution in [-0.4, -0.2) is 57.1 Å². The molecule has 3 N–H and O–H groups in total. The first-order valence-corrected chi connectivity index (χ1v) is 13.4. The van der Waals surface area contributed by atoms with Crippen molar-refractivity contribution in [3.05, 3.63) is 100 Å². The fourth-order valence-electron chi connectivity index (χ4n) is 4.74. The van der Waals surface area contributed by atoms with Crippen molar-refractivity contribution < 1.29 is 9.59 Å². The number of aromatic nitrogens is 2. The highest BCUT2D eigenvalue weighted by Gasteiger charge is 2.32.